The van der Waals surface area contributed by atoms with Crippen molar-refractivity contribution in [2.75, 3.05) is 6.54 Å². The SMILES string of the molecule is O=C(NCC1(O)CCC1)c1ccc(CSc2ccccc2)cc1. The third-order valence-electron chi connectivity index (χ3n) is 4.23. The maximum absolute atomic E-state index is 12.1. The van der Waals surface area contributed by atoms with Crippen LogP contribution in [0.15, 0.2) is 59.5 Å². The van der Waals surface area contributed by atoms with Gasteiger partial charge in [0.15, 0.2) is 0 Å². The zero-order valence-corrected chi connectivity index (χ0v) is 13.8. The van der Waals surface area contributed by atoms with Crippen molar-refractivity contribution in [1.82, 2.24) is 5.32 Å². The molecule has 0 radical (unpaired) electrons. The predicted octanol–water partition coefficient (Wildman–Crippen LogP) is 3.62. The normalized spacial score (nSPS) is 15.7. The Hall–Kier alpha value is -1.78. The van der Waals surface area contributed by atoms with Gasteiger partial charge in [0.25, 0.3) is 5.91 Å². The molecule has 1 aliphatic carbocycles. The van der Waals surface area contributed by atoms with E-state index in [0.29, 0.717) is 12.1 Å². The van der Waals surface area contributed by atoms with E-state index in [0.717, 1.165) is 25.0 Å². The van der Waals surface area contributed by atoms with E-state index < -0.39 is 5.60 Å². The third kappa shape index (κ3) is 4.36. The largest absolute Gasteiger partial charge is 0.388 e. The van der Waals surface area contributed by atoms with Crippen LogP contribution in [0.2, 0.25) is 0 Å². The van der Waals surface area contributed by atoms with Crippen LogP contribution in [-0.4, -0.2) is 23.2 Å². The predicted molar refractivity (Wildman–Crippen MR) is 93.6 cm³/mol. The first kappa shape index (κ1) is 16.1. The molecule has 1 fully saturated rings. The van der Waals surface area contributed by atoms with Crippen molar-refractivity contribution in [3.8, 4) is 0 Å². The Bertz CT molecular complexity index is 651. The van der Waals surface area contributed by atoms with Gasteiger partial charge >= 0.3 is 0 Å². The first-order valence-electron chi connectivity index (χ1n) is 7.92. The van der Waals surface area contributed by atoms with Gasteiger partial charge in [-0.05, 0) is 49.1 Å². The average molecular weight is 327 g/mol. The van der Waals surface area contributed by atoms with Crippen LogP contribution in [0, 0.1) is 0 Å². The molecule has 0 spiro atoms. The van der Waals surface area contributed by atoms with Crippen LogP contribution in [0.1, 0.15) is 35.2 Å². The number of rotatable bonds is 6. The fraction of sp³-hybridized carbons (Fsp3) is 0.316. The second-order valence-electron chi connectivity index (χ2n) is 6.06. The van der Waals surface area contributed by atoms with Gasteiger partial charge in [0, 0.05) is 22.8 Å². The van der Waals surface area contributed by atoms with Gasteiger partial charge in [0.2, 0.25) is 0 Å². The van der Waals surface area contributed by atoms with E-state index in [1.807, 2.05) is 42.5 Å². The van der Waals surface area contributed by atoms with Crippen LogP contribution >= 0.6 is 11.8 Å². The summed E-state index contributed by atoms with van der Waals surface area (Å²) in [5.74, 6) is 0.763. The molecule has 4 heteroatoms. The van der Waals surface area contributed by atoms with E-state index in [2.05, 4.69) is 17.4 Å². The van der Waals surface area contributed by atoms with Crippen molar-refractivity contribution in [3.63, 3.8) is 0 Å². The van der Waals surface area contributed by atoms with Crippen LogP contribution in [0.5, 0.6) is 0 Å². The molecular formula is C19H21NO2S. The Labute approximate surface area is 141 Å². The van der Waals surface area contributed by atoms with Crippen molar-refractivity contribution in [1.29, 1.82) is 0 Å². The number of nitrogens with one attached hydrogen (secondary N) is 1. The van der Waals surface area contributed by atoms with E-state index in [-0.39, 0.29) is 5.91 Å². The number of hydrogen-bond acceptors (Lipinski definition) is 3. The van der Waals surface area contributed by atoms with Crippen LogP contribution in [0.25, 0.3) is 0 Å². The quantitative estimate of drug-likeness (QED) is 0.797. The molecular weight excluding hydrogens is 306 g/mol. The fourth-order valence-electron chi connectivity index (χ4n) is 2.54. The van der Waals surface area contributed by atoms with Crippen molar-refractivity contribution in [2.24, 2.45) is 0 Å². The molecule has 3 rings (SSSR count). The van der Waals surface area contributed by atoms with Crippen LogP contribution in [-0.2, 0) is 5.75 Å². The topological polar surface area (TPSA) is 49.3 Å². The fourth-order valence-corrected chi connectivity index (χ4v) is 3.42. The molecule has 0 bridgehead atoms. The summed E-state index contributed by atoms with van der Waals surface area (Å²) in [6.07, 6.45) is 2.60. The summed E-state index contributed by atoms with van der Waals surface area (Å²) in [6.45, 7) is 0.345. The Morgan fingerprint density at radius 1 is 1.09 bits per heavy atom. The molecule has 0 heterocycles. The van der Waals surface area contributed by atoms with Crippen molar-refractivity contribution >= 4 is 17.7 Å². The summed E-state index contributed by atoms with van der Waals surface area (Å²) in [5, 5.41) is 12.8. The molecule has 1 saturated carbocycles. The van der Waals surface area contributed by atoms with Gasteiger partial charge in [0.1, 0.15) is 0 Å². The maximum atomic E-state index is 12.1. The highest BCUT2D eigenvalue weighted by molar-refractivity contribution is 7.98. The Morgan fingerprint density at radius 2 is 1.78 bits per heavy atom. The van der Waals surface area contributed by atoms with Crippen LogP contribution in [0.4, 0.5) is 0 Å². The molecule has 2 N–H and O–H groups in total. The number of thioether (sulfide) groups is 1. The van der Waals surface area contributed by atoms with E-state index in [9.17, 15) is 9.90 Å². The molecule has 2 aromatic carbocycles. The molecule has 2 aromatic rings. The number of aliphatic hydroxyl groups is 1. The highest BCUT2D eigenvalue weighted by Gasteiger charge is 2.34. The average Bonchev–Trinajstić information content (AvgIpc) is 2.57. The standard InChI is InChI=1S/C19H21NO2S/c21-18(20-14-19(22)11-4-12-19)16-9-7-15(8-10-16)13-23-17-5-2-1-3-6-17/h1-3,5-10,22H,4,11-14H2,(H,20,21). The molecule has 0 saturated heterocycles. The van der Waals surface area contributed by atoms with Crippen molar-refractivity contribution in [2.45, 2.75) is 35.5 Å². The van der Waals surface area contributed by atoms with Crippen LogP contribution in [0.3, 0.4) is 0 Å². The molecule has 1 amide bonds. The van der Waals surface area contributed by atoms with Gasteiger partial charge in [-0.3, -0.25) is 4.79 Å². The van der Waals surface area contributed by atoms with Crippen molar-refractivity contribution < 1.29 is 9.90 Å². The van der Waals surface area contributed by atoms with E-state index in [4.69, 9.17) is 0 Å². The number of hydrogen-bond donors (Lipinski definition) is 2. The van der Waals surface area contributed by atoms with Gasteiger partial charge in [-0.1, -0.05) is 30.3 Å². The summed E-state index contributed by atoms with van der Waals surface area (Å²) < 4.78 is 0. The lowest BCUT2D eigenvalue weighted by Gasteiger charge is -2.36. The summed E-state index contributed by atoms with van der Waals surface area (Å²) in [6, 6.07) is 17.9. The highest BCUT2D eigenvalue weighted by atomic mass is 32.2. The maximum Gasteiger partial charge on any atom is 0.251 e. The van der Waals surface area contributed by atoms with Gasteiger partial charge in [-0.2, -0.15) is 0 Å². The molecule has 23 heavy (non-hydrogen) atoms. The molecule has 120 valence electrons. The summed E-state index contributed by atoms with van der Waals surface area (Å²) in [7, 11) is 0. The second kappa shape index (κ2) is 7.20. The third-order valence-corrected chi connectivity index (χ3v) is 5.31. The van der Waals surface area contributed by atoms with E-state index in [1.165, 1.54) is 10.5 Å². The molecule has 0 atom stereocenters. The monoisotopic (exact) mass is 327 g/mol. The smallest absolute Gasteiger partial charge is 0.251 e. The second-order valence-corrected chi connectivity index (χ2v) is 7.11. The molecule has 0 aromatic heterocycles. The number of carbonyl (C=O) groups excluding carboxylic acids is 1. The Balaban J connectivity index is 1.51. The Kier molecular flexibility index (Phi) is 5.03. The van der Waals surface area contributed by atoms with Gasteiger partial charge < -0.3 is 10.4 Å². The zero-order valence-electron chi connectivity index (χ0n) is 13.0. The first-order valence-corrected chi connectivity index (χ1v) is 8.91. The Morgan fingerprint density at radius 3 is 2.39 bits per heavy atom. The van der Waals surface area contributed by atoms with Gasteiger partial charge in [-0.15, -0.1) is 11.8 Å². The molecule has 0 aliphatic heterocycles. The summed E-state index contributed by atoms with van der Waals surface area (Å²) in [5.41, 5.74) is 1.15. The number of carbonyl (C=O) groups is 1. The van der Waals surface area contributed by atoms with Crippen molar-refractivity contribution in [3.05, 3.63) is 65.7 Å². The summed E-state index contributed by atoms with van der Waals surface area (Å²) in [4.78, 5) is 13.3. The van der Waals surface area contributed by atoms with Gasteiger partial charge in [-0.25, -0.2) is 0 Å². The minimum atomic E-state index is -0.679. The minimum Gasteiger partial charge on any atom is -0.388 e. The lowest BCUT2D eigenvalue weighted by molar-refractivity contribution is -0.0300. The van der Waals surface area contributed by atoms with E-state index in [1.54, 1.807) is 11.8 Å². The minimum absolute atomic E-state index is 0.118. The number of benzene rings is 2. The lowest BCUT2D eigenvalue weighted by atomic mass is 9.80. The molecule has 1 aliphatic rings. The summed E-state index contributed by atoms with van der Waals surface area (Å²) >= 11 is 1.78. The molecule has 0 unspecified atom stereocenters. The van der Waals surface area contributed by atoms with Gasteiger partial charge in [0.05, 0.1) is 5.60 Å². The van der Waals surface area contributed by atoms with Crippen LogP contribution < -0.4 is 5.32 Å². The number of amides is 1. The van der Waals surface area contributed by atoms with E-state index >= 15 is 0 Å². The lowest BCUT2D eigenvalue weighted by Crippen LogP contribution is -2.47. The highest BCUT2D eigenvalue weighted by Crippen LogP contribution is 2.30. The first-order chi connectivity index (χ1) is 11.1. The molecule has 3 nitrogen and oxygen atoms in total. The zero-order chi connectivity index (χ0) is 16.1.